The first kappa shape index (κ1) is 26.8. The average molecular weight is 527 g/mol. The number of carboxylic acids is 1. The number of amides is 1. The molecule has 0 radical (unpaired) electrons. The molecule has 0 atom stereocenters. The molecule has 0 fully saturated rings. The van der Waals surface area contributed by atoms with Crippen LogP contribution in [-0.4, -0.2) is 47.3 Å². The van der Waals surface area contributed by atoms with Gasteiger partial charge in [-0.15, -0.1) is 0 Å². The highest BCUT2D eigenvalue weighted by molar-refractivity contribution is 5.78. The third-order valence-electron chi connectivity index (χ3n) is 5.48. The molecule has 1 aromatic heterocycles. The molecule has 198 valence electrons. The van der Waals surface area contributed by atoms with Gasteiger partial charge in [0.15, 0.2) is 5.69 Å². The number of benzene rings is 3. The van der Waals surface area contributed by atoms with E-state index in [0.29, 0.717) is 34.4 Å². The van der Waals surface area contributed by atoms with Crippen molar-refractivity contribution in [3.05, 3.63) is 95.9 Å². The van der Waals surface area contributed by atoms with E-state index in [1.165, 1.54) is 7.11 Å². The Labute approximate surface area is 225 Å². The SMILES string of the molecule is COc1ccc(OC(=O)N(CC(=O)O)Cc2ccc(OCC#Cc3nc(-c4ccccc4)oc3C)cc2)cc1. The van der Waals surface area contributed by atoms with E-state index in [9.17, 15) is 14.7 Å². The van der Waals surface area contributed by atoms with Gasteiger partial charge < -0.3 is 23.7 Å². The Morgan fingerprint density at radius 3 is 2.28 bits per heavy atom. The standard InChI is InChI=1S/C30H26N2O7/c1-21-27(31-29(38-21)23-7-4-3-5-8-23)9-6-18-37-25-12-10-22(11-13-25)19-32(20-28(33)34)30(35)39-26-16-14-24(36-2)15-17-26/h3-5,7-8,10-17H,18-20H2,1-2H3,(H,33,34). The van der Waals surface area contributed by atoms with Gasteiger partial charge in [0.05, 0.1) is 7.11 Å². The van der Waals surface area contributed by atoms with E-state index < -0.39 is 18.6 Å². The van der Waals surface area contributed by atoms with Gasteiger partial charge in [-0.05, 0) is 66.9 Å². The first-order valence-corrected chi connectivity index (χ1v) is 12.0. The molecule has 0 aliphatic carbocycles. The van der Waals surface area contributed by atoms with Gasteiger partial charge in [0.1, 0.15) is 36.2 Å². The second kappa shape index (κ2) is 12.8. The van der Waals surface area contributed by atoms with E-state index in [4.69, 9.17) is 18.6 Å². The van der Waals surface area contributed by atoms with Gasteiger partial charge in [0.2, 0.25) is 5.89 Å². The summed E-state index contributed by atoms with van der Waals surface area (Å²) in [5.41, 5.74) is 2.13. The van der Waals surface area contributed by atoms with Crippen LogP contribution >= 0.6 is 0 Å². The Morgan fingerprint density at radius 2 is 1.62 bits per heavy atom. The van der Waals surface area contributed by atoms with E-state index in [2.05, 4.69) is 16.8 Å². The fraction of sp³-hybridized carbons (Fsp3) is 0.167. The molecule has 0 bridgehead atoms. The molecule has 0 spiro atoms. The number of aliphatic carboxylic acids is 1. The Bertz CT molecular complexity index is 1470. The zero-order chi connectivity index (χ0) is 27.6. The lowest BCUT2D eigenvalue weighted by molar-refractivity contribution is -0.138. The lowest BCUT2D eigenvalue weighted by Gasteiger charge is -2.20. The molecule has 9 nitrogen and oxygen atoms in total. The van der Waals surface area contributed by atoms with Gasteiger partial charge in [-0.3, -0.25) is 9.69 Å². The van der Waals surface area contributed by atoms with E-state index in [1.807, 2.05) is 37.3 Å². The molecule has 0 saturated carbocycles. The molecular formula is C30H26N2O7. The number of oxazole rings is 1. The third kappa shape index (κ3) is 7.63. The molecule has 0 saturated heterocycles. The number of rotatable bonds is 9. The van der Waals surface area contributed by atoms with Gasteiger partial charge in [0.25, 0.3) is 0 Å². The Morgan fingerprint density at radius 1 is 0.949 bits per heavy atom. The van der Waals surface area contributed by atoms with Gasteiger partial charge in [0, 0.05) is 12.1 Å². The van der Waals surface area contributed by atoms with E-state index >= 15 is 0 Å². The highest BCUT2D eigenvalue weighted by Gasteiger charge is 2.19. The monoisotopic (exact) mass is 526 g/mol. The number of aromatic nitrogens is 1. The summed E-state index contributed by atoms with van der Waals surface area (Å²) in [5, 5.41) is 9.26. The van der Waals surface area contributed by atoms with Crippen molar-refractivity contribution in [2.24, 2.45) is 0 Å². The van der Waals surface area contributed by atoms with Crippen LogP contribution in [0.5, 0.6) is 17.2 Å². The molecule has 0 unspecified atom stereocenters. The number of aryl methyl sites for hydroxylation is 1. The topological polar surface area (TPSA) is 111 Å². The summed E-state index contributed by atoms with van der Waals surface area (Å²) in [6, 6.07) is 22.9. The molecule has 1 amide bonds. The summed E-state index contributed by atoms with van der Waals surface area (Å²) in [5.74, 6) is 7.34. The van der Waals surface area contributed by atoms with Crippen LogP contribution in [0.1, 0.15) is 17.0 Å². The van der Waals surface area contributed by atoms with Crippen molar-refractivity contribution < 1.29 is 33.3 Å². The fourth-order valence-electron chi connectivity index (χ4n) is 3.52. The molecular weight excluding hydrogens is 500 g/mol. The minimum atomic E-state index is -1.15. The van der Waals surface area contributed by atoms with Crippen molar-refractivity contribution in [2.75, 3.05) is 20.3 Å². The van der Waals surface area contributed by atoms with E-state index in [-0.39, 0.29) is 18.9 Å². The zero-order valence-corrected chi connectivity index (χ0v) is 21.4. The summed E-state index contributed by atoms with van der Waals surface area (Å²) >= 11 is 0. The van der Waals surface area contributed by atoms with Crippen LogP contribution in [0.25, 0.3) is 11.5 Å². The molecule has 9 heteroatoms. The van der Waals surface area contributed by atoms with Crippen molar-refractivity contribution in [2.45, 2.75) is 13.5 Å². The van der Waals surface area contributed by atoms with Gasteiger partial charge in [-0.25, -0.2) is 9.78 Å². The van der Waals surface area contributed by atoms with Crippen LogP contribution in [-0.2, 0) is 11.3 Å². The Hall–Kier alpha value is -5.23. The molecule has 4 aromatic rings. The van der Waals surface area contributed by atoms with Crippen LogP contribution in [0.2, 0.25) is 0 Å². The molecule has 4 rings (SSSR count). The van der Waals surface area contributed by atoms with Crippen LogP contribution in [0, 0.1) is 18.8 Å². The third-order valence-corrected chi connectivity index (χ3v) is 5.48. The molecule has 39 heavy (non-hydrogen) atoms. The molecule has 0 aliphatic heterocycles. The summed E-state index contributed by atoms with van der Waals surface area (Å²) in [7, 11) is 1.53. The highest BCUT2D eigenvalue weighted by atomic mass is 16.6. The minimum absolute atomic E-state index is 0.0383. The second-order valence-electron chi connectivity index (χ2n) is 8.32. The summed E-state index contributed by atoms with van der Waals surface area (Å²) < 4.78 is 21.8. The Kier molecular flexibility index (Phi) is 8.83. The normalized spacial score (nSPS) is 10.2. The fourth-order valence-corrected chi connectivity index (χ4v) is 3.52. The number of ether oxygens (including phenoxy) is 3. The smallest absolute Gasteiger partial charge is 0.416 e. The van der Waals surface area contributed by atoms with Crippen LogP contribution in [0.3, 0.4) is 0 Å². The van der Waals surface area contributed by atoms with Crippen LogP contribution in [0.4, 0.5) is 4.79 Å². The van der Waals surface area contributed by atoms with Gasteiger partial charge >= 0.3 is 12.1 Å². The average Bonchev–Trinajstić information content (AvgIpc) is 3.32. The highest BCUT2D eigenvalue weighted by Crippen LogP contribution is 2.21. The van der Waals surface area contributed by atoms with Crippen molar-refractivity contribution in [1.82, 2.24) is 9.88 Å². The van der Waals surface area contributed by atoms with Crippen molar-refractivity contribution >= 4 is 12.1 Å². The predicted octanol–water partition coefficient (Wildman–Crippen LogP) is 5.17. The minimum Gasteiger partial charge on any atom is -0.497 e. The van der Waals surface area contributed by atoms with Crippen molar-refractivity contribution in [1.29, 1.82) is 0 Å². The first-order valence-electron chi connectivity index (χ1n) is 12.0. The van der Waals surface area contributed by atoms with Crippen molar-refractivity contribution in [3.63, 3.8) is 0 Å². The second-order valence-corrected chi connectivity index (χ2v) is 8.32. The number of hydrogen-bond donors (Lipinski definition) is 1. The Balaban J connectivity index is 1.33. The number of carbonyl (C=O) groups excluding carboxylic acids is 1. The number of carbonyl (C=O) groups is 2. The summed E-state index contributed by atoms with van der Waals surface area (Å²) in [6.45, 7) is 1.46. The number of methoxy groups -OCH3 is 1. The quantitative estimate of drug-likeness (QED) is 0.297. The molecule has 0 aliphatic rings. The summed E-state index contributed by atoms with van der Waals surface area (Å²) in [4.78, 5) is 29.5. The number of nitrogens with zero attached hydrogens (tertiary/aromatic N) is 2. The van der Waals surface area contributed by atoms with Crippen LogP contribution < -0.4 is 14.2 Å². The zero-order valence-electron chi connectivity index (χ0n) is 21.4. The number of carboxylic acid groups (broad SMARTS) is 1. The van der Waals surface area contributed by atoms with Gasteiger partial charge in [-0.2, -0.15) is 0 Å². The largest absolute Gasteiger partial charge is 0.497 e. The maximum absolute atomic E-state index is 12.6. The van der Waals surface area contributed by atoms with Crippen molar-refractivity contribution in [3.8, 4) is 40.5 Å². The van der Waals surface area contributed by atoms with E-state index in [0.717, 1.165) is 10.5 Å². The maximum Gasteiger partial charge on any atom is 0.416 e. The lowest BCUT2D eigenvalue weighted by atomic mass is 10.2. The number of hydrogen-bond acceptors (Lipinski definition) is 7. The first-order chi connectivity index (χ1) is 18.9. The predicted molar refractivity (Wildman–Crippen MR) is 143 cm³/mol. The molecule has 3 aromatic carbocycles. The molecule has 1 heterocycles. The summed E-state index contributed by atoms with van der Waals surface area (Å²) in [6.07, 6.45) is -0.781. The lowest BCUT2D eigenvalue weighted by Crippen LogP contribution is -2.37. The maximum atomic E-state index is 12.6. The molecule has 1 N–H and O–H groups in total. The van der Waals surface area contributed by atoms with E-state index in [1.54, 1.807) is 48.5 Å². The van der Waals surface area contributed by atoms with Gasteiger partial charge in [-0.1, -0.05) is 36.3 Å². The van der Waals surface area contributed by atoms with Crippen LogP contribution in [0.15, 0.2) is 83.3 Å².